The van der Waals surface area contributed by atoms with Crippen LogP contribution in [0.1, 0.15) is 18.5 Å². The van der Waals surface area contributed by atoms with Crippen molar-refractivity contribution in [2.75, 3.05) is 17.3 Å². The second-order valence-corrected chi connectivity index (χ2v) is 5.17. The van der Waals surface area contributed by atoms with Gasteiger partial charge in [-0.2, -0.15) is 4.37 Å². The van der Waals surface area contributed by atoms with Crippen molar-refractivity contribution in [3.05, 3.63) is 30.1 Å². The standard InChI is InChI=1S/C11H14N4S2/c1-7(8-3-5-13-6-4-8)14-11-9(16-2)10(12)15-17-11/h3-7,14H,1-2H3,(H2,12,15). The molecule has 0 aromatic carbocycles. The van der Waals surface area contributed by atoms with Gasteiger partial charge in [0.1, 0.15) is 5.00 Å². The lowest BCUT2D eigenvalue weighted by Gasteiger charge is -2.14. The highest BCUT2D eigenvalue weighted by Crippen LogP contribution is 2.36. The fourth-order valence-electron chi connectivity index (χ4n) is 1.52. The van der Waals surface area contributed by atoms with Gasteiger partial charge in [-0.1, -0.05) is 0 Å². The van der Waals surface area contributed by atoms with E-state index in [9.17, 15) is 0 Å². The molecule has 0 aliphatic carbocycles. The number of hydrogen-bond donors (Lipinski definition) is 2. The van der Waals surface area contributed by atoms with Crippen molar-refractivity contribution in [1.82, 2.24) is 9.36 Å². The lowest BCUT2D eigenvalue weighted by atomic mass is 10.1. The molecule has 1 unspecified atom stereocenters. The summed E-state index contributed by atoms with van der Waals surface area (Å²) in [7, 11) is 0. The first kappa shape index (κ1) is 12.2. The molecule has 2 rings (SSSR count). The van der Waals surface area contributed by atoms with Crippen molar-refractivity contribution in [1.29, 1.82) is 0 Å². The average molecular weight is 266 g/mol. The maximum absolute atomic E-state index is 5.79. The zero-order valence-corrected chi connectivity index (χ0v) is 11.3. The smallest absolute Gasteiger partial charge is 0.153 e. The second kappa shape index (κ2) is 5.37. The number of nitrogen functional groups attached to an aromatic ring is 1. The van der Waals surface area contributed by atoms with Gasteiger partial charge in [0.15, 0.2) is 5.82 Å². The van der Waals surface area contributed by atoms with Crippen molar-refractivity contribution >= 4 is 34.1 Å². The Labute approximate surface area is 109 Å². The van der Waals surface area contributed by atoms with Crippen LogP contribution in [0.15, 0.2) is 29.4 Å². The number of anilines is 2. The molecule has 4 nitrogen and oxygen atoms in total. The molecule has 17 heavy (non-hydrogen) atoms. The van der Waals surface area contributed by atoms with E-state index in [4.69, 9.17) is 5.73 Å². The van der Waals surface area contributed by atoms with E-state index >= 15 is 0 Å². The van der Waals surface area contributed by atoms with Crippen LogP contribution in [0.4, 0.5) is 10.8 Å². The van der Waals surface area contributed by atoms with Crippen molar-refractivity contribution in [3.63, 3.8) is 0 Å². The second-order valence-electron chi connectivity index (χ2n) is 3.58. The Morgan fingerprint density at radius 2 is 2.12 bits per heavy atom. The van der Waals surface area contributed by atoms with E-state index in [1.165, 1.54) is 17.1 Å². The molecule has 90 valence electrons. The Balaban J connectivity index is 2.16. The summed E-state index contributed by atoms with van der Waals surface area (Å²) in [6, 6.07) is 4.21. The number of nitrogens with one attached hydrogen (secondary N) is 1. The molecule has 6 heteroatoms. The van der Waals surface area contributed by atoms with Crippen molar-refractivity contribution < 1.29 is 0 Å². The lowest BCUT2D eigenvalue weighted by Crippen LogP contribution is -2.06. The van der Waals surface area contributed by atoms with Crippen LogP contribution in [0.3, 0.4) is 0 Å². The van der Waals surface area contributed by atoms with Crippen LogP contribution in [0, 0.1) is 0 Å². The van der Waals surface area contributed by atoms with Gasteiger partial charge in [0.25, 0.3) is 0 Å². The molecule has 0 radical (unpaired) electrons. The Bertz CT molecular complexity index is 483. The molecule has 0 saturated heterocycles. The summed E-state index contributed by atoms with van der Waals surface area (Å²) in [5.41, 5.74) is 6.99. The van der Waals surface area contributed by atoms with Crippen molar-refractivity contribution in [2.24, 2.45) is 0 Å². The first-order chi connectivity index (χ1) is 8.22. The molecule has 1 atom stereocenters. The van der Waals surface area contributed by atoms with Gasteiger partial charge < -0.3 is 11.1 Å². The molecular formula is C11H14N4S2. The van der Waals surface area contributed by atoms with Crippen molar-refractivity contribution in [3.8, 4) is 0 Å². The van der Waals surface area contributed by atoms with E-state index in [0.717, 1.165) is 9.90 Å². The largest absolute Gasteiger partial charge is 0.382 e. The van der Waals surface area contributed by atoms with Crippen LogP contribution < -0.4 is 11.1 Å². The molecular weight excluding hydrogens is 252 g/mol. The van der Waals surface area contributed by atoms with Crippen LogP contribution >= 0.6 is 23.3 Å². The number of nitrogens with two attached hydrogens (primary N) is 1. The summed E-state index contributed by atoms with van der Waals surface area (Å²) in [5.74, 6) is 0.604. The van der Waals surface area contributed by atoms with E-state index < -0.39 is 0 Å². The van der Waals surface area contributed by atoms with Crippen LogP contribution in [0.2, 0.25) is 0 Å². The molecule has 0 aliphatic heterocycles. The fraction of sp³-hybridized carbons (Fsp3) is 0.273. The van der Waals surface area contributed by atoms with E-state index in [0.29, 0.717) is 5.82 Å². The quantitative estimate of drug-likeness (QED) is 0.833. The molecule has 2 aromatic rings. The number of thioether (sulfide) groups is 1. The highest BCUT2D eigenvalue weighted by Gasteiger charge is 2.13. The molecule has 0 spiro atoms. The van der Waals surface area contributed by atoms with Crippen LogP contribution in [0.25, 0.3) is 0 Å². The van der Waals surface area contributed by atoms with Gasteiger partial charge >= 0.3 is 0 Å². The Hall–Kier alpha value is -1.27. The number of aromatic nitrogens is 2. The predicted octanol–water partition coefficient (Wildman–Crippen LogP) is 3.02. The fourth-order valence-corrected chi connectivity index (χ4v) is 3.13. The summed E-state index contributed by atoms with van der Waals surface area (Å²) in [6.45, 7) is 2.11. The Morgan fingerprint density at radius 3 is 2.76 bits per heavy atom. The number of nitrogens with zero attached hydrogens (tertiary/aromatic N) is 2. The maximum atomic E-state index is 5.79. The SMILES string of the molecule is CSc1c(N)nsc1NC(C)c1ccncc1. The number of pyridine rings is 1. The minimum absolute atomic E-state index is 0.212. The van der Waals surface area contributed by atoms with Crippen LogP contribution in [-0.2, 0) is 0 Å². The summed E-state index contributed by atoms with van der Waals surface area (Å²) < 4.78 is 4.16. The lowest BCUT2D eigenvalue weighted by molar-refractivity contribution is 0.881. The third-order valence-corrected chi connectivity index (χ3v) is 4.18. The van der Waals surface area contributed by atoms with Gasteiger partial charge in [-0.15, -0.1) is 11.8 Å². The summed E-state index contributed by atoms with van der Waals surface area (Å²) >= 11 is 3.02. The van der Waals surface area contributed by atoms with E-state index in [2.05, 4.69) is 21.6 Å². The van der Waals surface area contributed by atoms with E-state index in [-0.39, 0.29) is 6.04 Å². The minimum Gasteiger partial charge on any atom is -0.382 e. The molecule has 2 heterocycles. The highest BCUT2D eigenvalue weighted by atomic mass is 32.2. The van der Waals surface area contributed by atoms with E-state index in [1.54, 1.807) is 24.2 Å². The summed E-state index contributed by atoms with van der Waals surface area (Å²) in [5, 5.41) is 4.45. The number of hydrogen-bond acceptors (Lipinski definition) is 6. The summed E-state index contributed by atoms with van der Waals surface area (Å²) in [6.07, 6.45) is 5.59. The van der Waals surface area contributed by atoms with Gasteiger partial charge in [0.05, 0.1) is 4.90 Å². The topological polar surface area (TPSA) is 63.8 Å². The van der Waals surface area contributed by atoms with Gasteiger partial charge in [-0.3, -0.25) is 4.98 Å². The average Bonchev–Trinajstić information content (AvgIpc) is 2.71. The van der Waals surface area contributed by atoms with Gasteiger partial charge in [0.2, 0.25) is 0 Å². The third-order valence-electron chi connectivity index (χ3n) is 2.43. The summed E-state index contributed by atoms with van der Waals surface area (Å²) in [4.78, 5) is 5.04. The Morgan fingerprint density at radius 1 is 1.41 bits per heavy atom. The molecule has 2 aromatic heterocycles. The van der Waals surface area contributed by atoms with E-state index in [1.807, 2.05) is 18.4 Å². The number of rotatable bonds is 4. The highest BCUT2D eigenvalue weighted by molar-refractivity contribution is 7.99. The molecule has 3 N–H and O–H groups in total. The van der Waals surface area contributed by atoms with Gasteiger partial charge in [0, 0.05) is 18.4 Å². The zero-order chi connectivity index (χ0) is 12.3. The zero-order valence-electron chi connectivity index (χ0n) is 9.68. The first-order valence-corrected chi connectivity index (χ1v) is 7.17. The first-order valence-electron chi connectivity index (χ1n) is 5.18. The predicted molar refractivity (Wildman–Crippen MR) is 74.6 cm³/mol. The molecule has 0 amide bonds. The molecule has 0 aliphatic rings. The molecule has 0 fully saturated rings. The van der Waals surface area contributed by atoms with Crippen LogP contribution in [0.5, 0.6) is 0 Å². The molecule has 0 saturated carbocycles. The van der Waals surface area contributed by atoms with Gasteiger partial charge in [-0.05, 0) is 42.4 Å². The normalized spacial score (nSPS) is 12.4. The third kappa shape index (κ3) is 2.70. The molecule has 0 bridgehead atoms. The maximum Gasteiger partial charge on any atom is 0.153 e. The van der Waals surface area contributed by atoms with Crippen LogP contribution in [-0.4, -0.2) is 15.6 Å². The Kier molecular flexibility index (Phi) is 3.86. The van der Waals surface area contributed by atoms with Gasteiger partial charge in [-0.25, -0.2) is 0 Å². The monoisotopic (exact) mass is 266 g/mol. The minimum atomic E-state index is 0.212. The van der Waals surface area contributed by atoms with Crippen molar-refractivity contribution in [2.45, 2.75) is 17.9 Å².